The summed E-state index contributed by atoms with van der Waals surface area (Å²) >= 11 is 0. The number of carbonyl (C=O) groups is 1. The van der Waals surface area contributed by atoms with Gasteiger partial charge in [0.25, 0.3) is 0 Å². The second-order valence-electron chi connectivity index (χ2n) is 7.63. The summed E-state index contributed by atoms with van der Waals surface area (Å²) in [6.07, 6.45) is 7.01. The summed E-state index contributed by atoms with van der Waals surface area (Å²) in [6.45, 7) is 5.03. The number of anilines is 1. The first kappa shape index (κ1) is 18.5. The maximum atomic E-state index is 12.5. The molecule has 1 aliphatic rings. The second kappa shape index (κ2) is 8.46. The number of hydrogen-bond donors (Lipinski definition) is 1. The van der Waals surface area contributed by atoms with Gasteiger partial charge < -0.3 is 14.8 Å². The van der Waals surface area contributed by atoms with Crippen molar-refractivity contribution in [2.24, 2.45) is 0 Å². The van der Waals surface area contributed by atoms with E-state index in [1.54, 1.807) is 0 Å². The Balaban J connectivity index is 1.46. The normalized spacial score (nSPS) is 14.8. The Labute approximate surface area is 166 Å². The SMILES string of the molecule is Cc1ccccc1CNC(=O)Cn1ccc2ccc(N3CCCCCC3)nc21. The van der Waals surface area contributed by atoms with Gasteiger partial charge in [-0.15, -0.1) is 0 Å². The second-order valence-corrected chi connectivity index (χ2v) is 7.63. The van der Waals surface area contributed by atoms with Crippen LogP contribution < -0.4 is 10.2 Å². The molecule has 0 bridgehead atoms. The van der Waals surface area contributed by atoms with E-state index < -0.39 is 0 Å². The van der Waals surface area contributed by atoms with Crippen molar-refractivity contribution < 1.29 is 4.79 Å². The number of nitrogens with one attached hydrogen (secondary N) is 1. The van der Waals surface area contributed by atoms with Gasteiger partial charge >= 0.3 is 0 Å². The monoisotopic (exact) mass is 376 g/mol. The minimum absolute atomic E-state index is 0.00253. The zero-order chi connectivity index (χ0) is 19.3. The summed E-state index contributed by atoms with van der Waals surface area (Å²) in [5.41, 5.74) is 3.22. The molecule has 5 heteroatoms. The van der Waals surface area contributed by atoms with Crippen molar-refractivity contribution in [1.82, 2.24) is 14.9 Å². The van der Waals surface area contributed by atoms with Gasteiger partial charge in [0, 0.05) is 31.2 Å². The Kier molecular flexibility index (Phi) is 5.60. The molecule has 1 saturated heterocycles. The standard InChI is InChI=1S/C23H28N4O/c1-18-8-4-5-9-20(18)16-24-22(28)17-27-15-12-19-10-11-21(25-23(19)27)26-13-6-2-3-7-14-26/h4-5,8-12,15H,2-3,6-7,13-14,16-17H2,1H3,(H,24,28). The number of pyridine rings is 1. The topological polar surface area (TPSA) is 50.2 Å². The van der Waals surface area contributed by atoms with Gasteiger partial charge in [0.2, 0.25) is 5.91 Å². The first-order valence-corrected chi connectivity index (χ1v) is 10.2. The molecular formula is C23H28N4O. The van der Waals surface area contributed by atoms with Crippen LogP contribution in [0.3, 0.4) is 0 Å². The first-order chi connectivity index (χ1) is 13.7. The quantitative estimate of drug-likeness (QED) is 0.731. The largest absolute Gasteiger partial charge is 0.357 e. The molecule has 0 saturated carbocycles. The third-order valence-corrected chi connectivity index (χ3v) is 5.58. The Bertz CT molecular complexity index is 954. The molecule has 0 aliphatic carbocycles. The van der Waals surface area contributed by atoms with Crippen molar-refractivity contribution >= 4 is 22.8 Å². The van der Waals surface area contributed by atoms with Gasteiger partial charge in [-0.1, -0.05) is 37.1 Å². The Morgan fingerprint density at radius 2 is 1.82 bits per heavy atom. The van der Waals surface area contributed by atoms with E-state index in [1.807, 2.05) is 29.0 Å². The zero-order valence-corrected chi connectivity index (χ0v) is 16.5. The van der Waals surface area contributed by atoms with Gasteiger partial charge in [-0.25, -0.2) is 4.98 Å². The molecule has 146 valence electrons. The molecule has 4 rings (SSSR count). The smallest absolute Gasteiger partial charge is 0.240 e. The van der Waals surface area contributed by atoms with Crippen LogP contribution in [0.5, 0.6) is 0 Å². The molecule has 0 unspecified atom stereocenters. The summed E-state index contributed by atoms with van der Waals surface area (Å²) in [5, 5.41) is 4.11. The average Bonchev–Trinajstić information content (AvgIpc) is 2.91. The van der Waals surface area contributed by atoms with Gasteiger partial charge in [-0.3, -0.25) is 4.79 Å². The van der Waals surface area contributed by atoms with Crippen LogP contribution in [-0.2, 0) is 17.9 Å². The number of aromatic nitrogens is 2. The highest BCUT2D eigenvalue weighted by Gasteiger charge is 2.14. The molecule has 0 spiro atoms. The van der Waals surface area contributed by atoms with E-state index in [2.05, 4.69) is 41.4 Å². The third kappa shape index (κ3) is 4.19. The fourth-order valence-corrected chi connectivity index (χ4v) is 3.87. The van der Waals surface area contributed by atoms with Crippen molar-refractivity contribution in [2.45, 2.75) is 45.7 Å². The summed E-state index contributed by atoms with van der Waals surface area (Å²) in [5.74, 6) is 1.03. The van der Waals surface area contributed by atoms with E-state index in [1.165, 1.54) is 31.2 Å². The van der Waals surface area contributed by atoms with E-state index in [9.17, 15) is 4.79 Å². The van der Waals surface area contributed by atoms with Crippen molar-refractivity contribution in [3.05, 3.63) is 59.8 Å². The highest BCUT2D eigenvalue weighted by atomic mass is 16.1. The number of nitrogens with zero attached hydrogens (tertiary/aromatic N) is 3. The lowest BCUT2D eigenvalue weighted by Crippen LogP contribution is -2.27. The van der Waals surface area contributed by atoms with Crippen molar-refractivity contribution in [2.75, 3.05) is 18.0 Å². The van der Waals surface area contributed by atoms with Gasteiger partial charge in [-0.2, -0.15) is 0 Å². The number of hydrogen-bond acceptors (Lipinski definition) is 3. The highest BCUT2D eigenvalue weighted by Crippen LogP contribution is 2.22. The van der Waals surface area contributed by atoms with Crippen molar-refractivity contribution in [3.63, 3.8) is 0 Å². The Morgan fingerprint density at radius 1 is 1.04 bits per heavy atom. The molecule has 3 heterocycles. The van der Waals surface area contributed by atoms with E-state index in [0.29, 0.717) is 6.54 Å². The fourth-order valence-electron chi connectivity index (χ4n) is 3.87. The zero-order valence-electron chi connectivity index (χ0n) is 16.5. The van der Waals surface area contributed by atoms with Crippen LogP contribution in [-0.4, -0.2) is 28.5 Å². The average molecular weight is 377 g/mol. The van der Waals surface area contributed by atoms with E-state index in [0.717, 1.165) is 35.5 Å². The molecule has 1 aliphatic heterocycles. The Hall–Kier alpha value is -2.82. The minimum Gasteiger partial charge on any atom is -0.357 e. The molecule has 5 nitrogen and oxygen atoms in total. The van der Waals surface area contributed by atoms with Gasteiger partial charge in [0.05, 0.1) is 0 Å². The molecule has 2 aromatic heterocycles. The lowest BCUT2D eigenvalue weighted by atomic mass is 10.1. The molecular weight excluding hydrogens is 348 g/mol. The van der Waals surface area contributed by atoms with Gasteiger partial charge in [0.15, 0.2) is 0 Å². The number of amides is 1. The predicted molar refractivity (Wildman–Crippen MR) is 113 cm³/mol. The molecule has 3 aromatic rings. The molecule has 28 heavy (non-hydrogen) atoms. The van der Waals surface area contributed by atoms with Crippen LogP contribution in [0.1, 0.15) is 36.8 Å². The Morgan fingerprint density at radius 3 is 2.61 bits per heavy atom. The molecule has 1 fully saturated rings. The molecule has 0 atom stereocenters. The van der Waals surface area contributed by atoms with E-state index >= 15 is 0 Å². The summed E-state index contributed by atoms with van der Waals surface area (Å²) in [7, 11) is 0. The van der Waals surface area contributed by atoms with Crippen LogP contribution in [0.15, 0.2) is 48.7 Å². The van der Waals surface area contributed by atoms with Gasteiger partial charge in [-0.05, 0) is 49.1 Å². The van der Waals surface area contributed by atoms with Crippen LogP contribution in [0.4, 0.5) is 5.82 Å². The number of benzene rings is 1. The molecule has 1 N–H and O–H groups in total. The number of rotatable bonds is 5. The number of aryl methyl sites for hydroxylation is 1. The van der Waals surface area contributed by atoms with E-state index in [4.69, 9.17) is 4.98 Å². The highest BCUT2D eigenvalue weighted by molar-refractivity contribution is 5.82. The lowest BCUT2D eigenvalue weighted by Gasteiger charge is -2.21. The lowest BCUT2D eigenvalue weighted by molar-refractivity contribution is -0.121. The third-order valence-electron chi connectivity index (χ3n) is 5.58. The van der Waals surface area contributed by atoms with Crippen LogP contribution in [0.25, 0.3) is 11.0 Å². The van der Waals surface area contributed by atoms with Gasteiger partial charge in [0.1, 0.15) is 18.0 Å². The molecule has 1 amide bonds. The fraction of sp³-hybridized carbons (Fsp3) is 0.391. The van der Waals surface area contributed by atoms with Crippen LogP contribution in [0, 0.1) is 6.92 Å². The maximum Gasteiger partial charge on any atom is 0.240 e. The summed E-state index contributed by atoms with van der Waals surface area (Å²) < 4.78 is 1.95. The van der Waals surface area contributed by atoms with Crippen LogP contribution in [0.2, 0.25) is 0 Å². The summed E-state index contributed by atoms with van der Waals surface area (Å²) in [6, 6.07) is 14.4. The predicted octanol–water partition coefficient (Wildman–Crippen LogP) is 4.04. The summed E-state index contributed by atoms with van der Waals surface area (Å²) in [4.78, 5) is 19.8. The molecule has 1 aromatic carbocycles. The number of carbonyl (C=O) groups excluding carboxylic acids is 1. The molecule has 0 radical (unpaired) electrons. The van der Waals surface area contributed by atoms with E-state index in [-0.39, 0.29) is 12.5 Å². The maximum absolute atomic E-state index is 12.5. The van der Waals surface area contributed by atoms with Crippen molar-refractivity contribution in [3.8, 4) is 0 Å². The van der Waals surface area contributed by atoms with Crippen LogP contribution >= 0.6 is 0 Å². The van der Waals surface area contributed by atoms with Crippen molar-refractivity contribution in [1.29, 1.82) is 0 Å². The minimum atomic E-state index is 0.00253. The number of fused-ring (bicyclic) bond motifs is 1. The first-order valence-electron chi connectivity index (χ1n) is 10.2.